The molecular weight excluding hydrogens is 619 g/mol. The first-order chi connectivity index (χ1) is 20.8. The number of anilines is 1. The number of unbranched alkanes of at least 4 members (excludes halogenated alkanes) is 2. The average molecular weight is 658 g/mol. The molecule has 43 heavy (non-hydrogen) atoms. The Hall–Kier alpha value is -3.60. The summed E-state index contributed by atoms with van der Waals surface area (Å²) in [6.07, 6.45) is 4.43. The third kappa shape index (κ3) is 5.71. The molecule has 5 nitrogen and oxygen atoms in total. The van der Waals surface area contributed by atoms with Gasteiger partial charge in [0, 0.05) is 0 Å². The molecule has 0 radical (unpaired) electrons. The number of nitrogens with zero attached hydrogens (tertiary/aromatic N) is 1. The van der Waals surface area contributed by atoms with Crippen LogP contribution in [0.5, 0.6) is 0 Å². The summed E-state index contributed by atoms with van der Waals surface area (Å²) in [5.74, 6) is -0.783. The maximum absolute atomic E-state index is 13.1. The summed E-state index contributed by atoms with van der Waals surface area (Å²) in [5.41, 5.74) is 1.06. The second kappa shape index (κ2) is 13.0. The number of imide groups is 1. The van der Waals surface area contributed by atoms with E-state index < -0.39 is 5.31 Å². The zero-order chi connectivity index (χ0) is 30.5. The van der Waals surface area contributed by atoms with Crippen molar-refractivity contribution in [2.75, 3.05) is 11.5 Å². The van der Waals surface area contributed by atoms with E-state index in [4.69, 9.17) is 0 Å². The van der Waals surface area contributed by atoms with Crippen molar-refractivity contribution >= 4 is 60.1 Å². The Kier molecular flexibility index (Phi) is 9.29. The zero-order valence-corrected chi connectivity index (χ0v) is 27.2. The Balaban J connectivity index is 1.30. The van der Waals surface area contributed by atoms with Gasteiger partial charge in [0.15, 0.2) is 0 Å². The predicted octanol–water partition coefficient (Wildman–Crippen LogP) is 7.42. The number of fused-ring (bicyclic) bond motifs is 1. The van der Waals surface area contributed by atoms with Crippen molar-refractivity contribution in [1.29, 1.82) is 0 Å². The van der Waals surface area contributed by atoms with Gasteiger partial charge >= 0.3 is 243 Å². The van der Waals surface area contributed by atoms with Gasteiger partial charge in [0.2, 0.25) is 0 Å². The Labute approximate surface area is 262 Å². The van der Waals surface area contributed by atoms with E-state index in [9.17, 15) is 14.4 Å². The van der Waals surface area contributed by atoms with E-state index in [1.54, 1.807) is 18.2 Å². The predicted molar refractivity (Wildman–Crippen MR) is 183 cm³/mol. The van der Waals surface area contributed by atoms with Gasteiger partial charge in [-0.15, -0.1) is 0 Å². The number of hydrogen-bond acceptors (Lipinski definition) is 3. The summed E-state index contributed by atoms with van der Waals surface area (Å²) in [4.78, 5) is 40.4. The van der Waals surface area contributed by atoms with Crippen molar-refractivity contribution in [2.45, 2.75) is 52.0 Å². The number of halogens is 1. The molecule has 0 aliphatic carbocycles. The Morgan fingerprint density at radius 2 is 1.28 bits per heavy atom. The van der Waals surface area contributed by atoms with E-state index in [-0.39, 0.29) is 23.8 Å². The molecule has 222 valence electrons. The number of nitrogens with one attached hydrogen (secondary N) is 1. The van der Waals surface area contributed by atoms with Crippen LogP contribution in [0.2, 0.25) is 0 Å². The first-order valence-corrected chi connectivity index (χ1v) is 19.4. The minimum atomic E-state index is -2.99. The van der Waals surface area contributed by atoms with Crippen LogP contribution in [0.25, 0.3) is 0 Å². The zero-order valence-electron chi connectivity index (χ0n) is 24.7. The quantitative estimate of drug-likeness (QED) is 0.0980. The SMILES string of the molecule is CCC(C)N1C(=O)c2cccc(NC(=O)CCCCCP(Br)(c3ccccc3)(c3ccccc3)c3ccccc3)c2C1=O. The van der Waals surface area contributed by atoms with Crippen molar-refractivity contribution in [3.8, 4) is 0 Å². The number of carbonyl (C=O) groups excluding carboxylic acids is 3. The molecule has 0 spiro atoms. The minimum absolute atomic E-state index is 0.152. The molecule has 1 aliphatic rings. The summed E-state index contributed by atoms with van der Waals surface area (Å²) < 4.78 is 0. The van der Waals surface area contributed by atoms with Crippen LogP contribution >= 0.6 is 20.8 Å². The number of benzene rings is 4. The third-order valence-electron chi connectivity index (χ3n) is 8.62. The van der Waals surface area contributed by atoms with E-state index in [0.717, 1.165) is 19.0 Å². The van der Waals surface area contributed by atoms with Crippen LogP contribution < -0.4 is 21.2 Å². The fourth-order valence-corrected chi connectivity index (χ4v) is 13.9. The van der Waals surface area contributed by atoms with Crippen molar-refractivity contribution in [2.24, 2.45) is 0 Å². The van der Waals surface area contributed by atoms with Crippen LogP contribution in [-0.4, -0.2) is 34.8 Å². The van der Waals surface area contributed by atoms with Gasteiger partial charge in [0.25, 0.3) is 0 Å². The summed E-state index contributed by atoms with van der Waals surface area (Å²) in [7, 11) is 0. The number of hydrogen-bond donors (Lipinski definition) is 1. The van der Waals surface area contributed by atoms with Gasteiger partial charge in [0.05, 0.1) is 0 Å². The fraction of sp³-hybridized carbons (Fsp3) is 0.250. The van der Waals surface area contributed by atoms with Crippen LogP contribution in [-0.2, 0) is 4.79 Å². The van der Waals surface area contributed by atoms with Gasteiger partial charge in [-0.3, -0.25) is 0 Å². The van der Waals surface area contributed by atoms with Crippen molar-refractivity contribution in [3.63, 3.8) is 0 Å². The van der Waals surface area contributed by atoms with Crippen LogP contribution in [0.15, 0.2) is 109 Å². The molecule has 1 aliphatic heterocycles. The first kappa shape index (κ1) is 30.8. The molecule has 5 rings (SSSR count). The normalized spacial score (nSPS) is 14.6. The molecule has 0 fully saturated rings. The van der Waals surface area contributed by atoms with Crippen molar-refractivity contribution < 1.29 is 14.4 Å². The van der Waals surface area contributed by atoms with E-state index in [1.807, 2.05) is 13.8 Å². The standard InChI is InChI=1S/C36H38BrN2O3P/c1-3-27(2)39-35(41)31-23-16-24-32(34(31)36(39)42)38-33(40)25-14-7-15-26-43(37,28-17-8-4-9-18-28,29-19-10-5-11-20-29)30-21-12-6-13-22-30/h4-6,8-13,16-24,27H,3,7,14-15,25-26H2,1-2H3,(H,38,40). The van der Waals surface area contributed by atoms with Gasteiger partial charge in [-0.05, 0) is 13.3 Å². The number of rotatable bonds is 12. The van der Waals surface area contributed by atoms with Gasteiger partial charge in [-0.1, -0.05) is 6.92 Å². The van der Waals surface area contributed by atoms with Gasteiger partial charge < -0.3 is 0 Å². The summed E-state index contributed by atoms with van der Waals surface area (Å²) in [5, 5.41) is 3.79. The molecule has 0 saturated heterocycles. The molecule has 1 unspecified atom stereocenters. The molecule has 3 amide bonds. The van der Waals surface area contributed by atoms with Crippen LogP contribution in [0.1, 0.15) is 66.7 Å². The molecule has 0 saturated carbocycles. The third-order valence-corrected chi connectivity index (χ3v) is 18.6. The van der Waals surface area contributed by atoms with E-state index in [1.165, 1.54) is 20.8 Å². The fourth-order valence-electron chi connectivity index (χ4n) is 6.13. The Morgan fingerprint density at radius 3 is 1.79 bits per heavy atom. The number of amides is 3. The molecule has 1 heterocycles. The molecule has 1 N–H and O–H groups in total. The second-order valence-corrected chi connectivity index (χ2v) is 20.3. The monoisotopic (exact) mass is 656 g/mol. The van der Waals surface area contributed by atoms with Crippen molar-refractivity contribution in [1.82, 2.24) is 4.90 Å². The van der Waals surface area contributed by atoms with Gasteiger partial charge in [0.1, 0.15) is 0 Å². The van der Waals surface area contributed by atoms with Crippen molar-refractivity contribution in [3.05, 3.63) is 120 Å². The van der Waals surface area contributed by atoms with Crippen LogP contribution in [0.3, 0.4) is 0 Å². The Bertz CT molecular complexity index is 1510. The Morgan fingerprint density at radius 1 is 0.744 bits per heavy atom. The molecule has 0 bridgehead atoms. The summed E-state index contributed by atoms with van der Waals surface area (Å²) >= 11 is 4.49. The first-order valence-electron chi connectivity index (χ1n) is 15.0. The topological polar surface area (TPSA) is 66.5 Å². The molecule has 7 heteroatoms. The molecule has 0 aromatic heterocycles. The molecule has 1 atom stereocenters. The van der Waals surface area contributed by atoms with Gasteiger partial charge in [-0.2, -0.15) is 0 Å². The molecular formula is C36H38BrN2O3P. The number of carbonyl (C=O) groups is 3. The maximum atomic E-state index is 13.1. The molecule has 4 aromatic carbocycles. The average Bonchev–Trinajstić information content (AvgIpc) is 3.31. The summed E-state index contributed by atoms with van der Waals surface area (Å²) in [6, 6.07) is 37.1. The second-order valence-electron chi connectivity index (χ2n) is 11.2. The van der Waals surface area contributed by atoms with E-state index in [0.29, 0.717) is 36.1 Å². The van der Waals surface area contributed by atoms with Crippen LogP contribution in [0, 0.1) is 0 Å². The van der Waals surface area contributed by atoms with Crippen LogP contribution in [0.4, 0.5) is 5.69 Å². The van der Waals surface area contributed by atoms with Gasteiger partial charge in [-0.25, -0.2) is 0 Å². The summed E-state index contributed by atoms with van der Waals surface area (Å²) in [6.45, 7) is 3.81. The van der Waals surface area contributed by atoms with E-state index >= 15 is 0 Å². The van der Waals surface area contributed by atoms with E-state index in [2.05, 4.69) is 112 Å². The molecule has 4 aromatic rings.